The number of H-pyrrole nitrogens is 1. The third kappa shape index (κ3) is 3.70. The lowest BCUT2D eigenvalue weighted by Gasteiger charge is -2.08. The lowest BCUT2D eigenvalue weighted by molar-refractivity contribution is 0.0993. The molecule has 1 aromatic carbocycles. The Kier molecular flexibility index (Phi) is 4.60. The van der Waals surface area contributed by atoms with Gasteiger partial charge in [-0.2, -0.15) is 5.10 Å². The maximum absolute atomic E-state index is 12.5. The minimum absolute atomic E-state index is 0.138. The van der Waals surface area contributed by atoms with Crippen molar-refractivity contribution in [3.8, 4) is 0 Å². The normalized spacial score (nSPS) is 10.5. The Morgan fingerprint density at radius 3 is 2.70 bits per heavy atom. The summed E-state index contributed by atoms with van der Waals surface area (Å²) in [5.41, 5.74) is 1.94. The molecule has 0 radical (unpaired) electrons. The number of aromatic amines is 1. The minimum atomic E-state index is -0.138. The number of carbonyl (C=O) groups excluding carboxylic acids is 1. The summed E-state index contributed by atoms with van der Waals surface area (Å²) in [7, 11) is 0. The number of carbonyl (C=O) groups is 1. The van der Waals surface area contributed by atoms with Gasteiger partial charge in [0.1, 0.15) is 5.82 Å². The Labute approximate surface area is 142 Å². The molecule has 0 aliphatic carbocycles. The first-order chi connectivity index (χ1) is 11.1. The zero-order chi connectivity index (χ0) is 16.2. The van der Waals surface area contributed by atoms with Gasteiger partial charge in [0.2, 0.25) is 0 Å². The van der Waals surface area contributed by atoms with Gasteiger partial charge in [-0.1, -0.05) is 29.3 Å². The van der Waals surface area contributed by atoms with Crippen molar-refractivity contribution in [1.29, 1.82) is 0 Å². The summed E-state index contributed by atoms with van der Waals surface area (Å²) in [6.45, 7) is 0. The zero-order valence-electron chi connectivity index (χ0n) is 11.9. The number of halogens is 2. The molecular formula is C16H12Cl2N4O. The molecule has 0 fully saturated rings. The van der Waals surface area contributed by atoms with Crippen LogP contribution in [0.3, 0.4) is 0 Å². The molecule has 2 aromatic heterocycles. The van der Waals surface area contributed by atoms with Gasteiger partial charge in [0.25, 0.3) is 0 Å². The Hall–Kier alpha value is -2.37. The number of anilines is 2. The molecule has 0 saturated heterocycles. The van der Waals surface area contributed by atoms with E-state index in [0.717, 1.165) is 11.3 Å². The Morgan fingerprint density at radius 1 is 1.22 bits per heavy atom. The second-order valence-corrected chi connectivity index (χ2v) is 5.67. The summed E-state index contributed by atoms with van der Waals surface area (Å²) in [4.78, 5) is 16.7. The van der Waals surface area contributed by atoms with E-state index in [2.05, 4.69) is 20.5 Å². The van der Waals surface area contributed by atoms with Gasteiger partial charge in [-0.05, 0) is 29.8 Å². The van der Waals surface area contributed by atoms with Crippen LogP contribution in [0.5, 0.6) is 0 Å². The van der Waals surface area contributed by atoms with Crippen molar-refractivity contribution in [3.05, 3.63) is 70.1 Å². The van der Waals surface area contributed by atoms with Crippen LogP contribution in [0.25, 0.3) is 0 Å². The van der Waals surface area contributed by atoms with Gasteiger partial charge in [-0.3, -0.25) is 9.89 Å². The smallest absolute Gasteiger partial charge is 0.170 e. The number of nitrogens with one attached hydrogen (secondary N) is 2. The highest BCUT2D eigenvalue weighted by molar-refractivity contribution is 6.39. The Bertz CT molecular complexity index is 814. The predicted molar refractivity (Wildman–Crippen MR) is 90.6 cm³/mol. The summed E-state index contributed by atoms with van der Waals surface area (Å²) < 4.78 is 0. The highest BCUT2D eigenvalue weighted by Crippen LogP contribution is 2.26. The number of pyridine rings is 1. The highest BCUT2D eigenvalue weighted by atomic mass is 35.5. The fraction of sp³-hybridized carbons (Fsp3) is 0.0625. The van der Waals surface area contributed by atoms with Crippen LogP contribution in [0.15, 0.2) is 48.9 Å². The molecule has 0 atom stereocenters. The number of nitrogens with zero attached hydrogens (tertiary/aromatic N) is 2. The fourth-order valence-electron chi connectivity index (χ4n) is 2.16. The number of hydrogen-bond acceptors (Lipinski definition) is 4. The molecule has 2 heterocycles. The highest BCUT2D eigenvalue weighted by Gasteiger charge is 2.15. The maximum atomic E-state index is 12.5. The molecule has 5 nitrogen and oxygen atoms in total. The lowest BCUT2D eigenvalue weighted by atomic mass is 10.0. The van der Waals surface area contributed by atoms with Crippen LogP contribution in [0.1, 0.15) is 15.9 Å². The van der Waals surface area contributed by atoms with Crippen LogP contribution in [0.2, 0.25) is 10.0 Å². The van der Waals surface area contributed by atoms with E-state index in [0.29, 0.717) is 21.4 Å². The van der Waals surface area contributed by atoms with Crippen molar-refractivity contribution >= 4 is 40.5 Å². The monoisotopic (exact) mass is 346 g/mol. The van der Waals surface area contributed by atoms with Gasteiger partial charge in [0.15, 0.2) is 5.78 Å². The molecule has 0 aliphatic rings. The van der Waals surface area contributed by atoms with E-state index >= 15 is 0 Å². The first kappa shape index (κ1) is 15.5. The van der Waals surface area contributed by atoms with Crippen molar-refractivity contribution in [3.63, 3.8) is 0 Å². The van der Waals surface area contributed by atoms with Gasteiger partial charge in [-0.25, -0.2) is 4.98 Å². The van der Waals surface area contributed by atoms with Crippen molar-refractivity contribution in [2.24, 2.45) is 0 Å². The molecule has 0 saturated carbocycles. The van der Waals surface area contributed by atoms with Crippen LogP contribution < -0.4 is 5.32 Å². The van der Waals surface area contributed by atoms with E-state index < -0.39 is 0 Å². The largest absolute Gasteiger partial charge is 0.338 e. The van der Waals surface area contributed by atoms with E-state index in [1.165, 1.54) is 0 Å². The second-order valence-electron chi connectivity index (χ2n) is 4.86. The molecule has 7 heteroatoms. The molecule has 0 bridgehead atoms. The van der Waals surface area contributed by atoms with Crippen molar-refractivity contribution in [1.82, 2.24) is 15.2 Å². The van der Waals surface area contributed by atoms with Crippen molar-refractivity contribution < 1.29 is 4.79 Å². The fourth-order valence-corrected chi connectivity index (χ4v) is 2.77. The minimum Gasteiger partial charge on any atom is -0.338 e. The Balaban J connectivity index is 1.79. The molecule has 0 unspecified atom stereocenters. The molecule has 2 N–H and O–H groups in total. The maximum Gasteiger partial charge on any atom is 0.170 e. The van der Waals surface area contributed by atoms with Crippen molar-refractivity contribution in [2.75, 3.05) is 5.32 Å². The number of rotatable bonds is 5. The summed E-state index contributed by atoms with van der Waals surface area (Å²) in [5, 5.41) is 10.4. The lowest BCUT2D eigenvalue weighted by Crippen LogP contribution is -2.06. The third-order valence-corrected chi connectivity index (χ3v) is 3.83. The number of benzene rings is 1. The summed E-state index contributed by atoms with van der Waals surface area (Å²) in [5.74, 6) is 0.489. The standard InChI is InChI=1S/C16H12Cl2N4O/c17-12-2-1-3-13(18)16(12)14(23)6-10-4-5-19-15(7-10)22-11-8-20-21-9-11/h1-5,7-9H,6H2,(H,19,22)(H,20,21). The Morgan fingerprint density at radius 2 is 2.00 bits per heavy atom. The average Bonchev–Trinajstić information content (AvgIpc) is 3.00. The van der Waals surface area contributed by atoms with Crippen LogP contribution >= 0.6 is 23.2 Å². The first-order valence-electron chi connectivity index (χ1n) is 6.81. The van der Waals surface area contributed by atoms with Gasteiger partial charge < -0.3 is 5.32 Å². The molecule has 0 spiro atoms. The second kappa shape index (κ2) is 6.81. The van der Waals surface area contributed by atoms with E-state index in [9.17, 15) is 4.79 Å². The summed E-state index contributed by atoms with van der Waals surface area (Å²) >= 11 is 12.2. The molecular weight excluding hydrogens is 335 g/mol. The SMILES string of the molecule is O=C(Cc1ccnc(Nc2cn[nH]c2)c1)c1c(Cl)cccc1Cl. The van der Waals surface area contributed by atoms with E-state index in [-0.39, 0.29) is 12.2 Å². The third-order valence-electron chi connectivity index (χ3n) is 3.20. The quantitative estimate of drug-likeness (QED) is 0.676. The number of ketones is 1. The molecule has 3 aromatic rings. The predicted octanol–water partition coefficient (Wildman–Crippen LogP) is 4.28. The van der Waals surface area contributed by atoms with Crippen LogP contribution in [-0.2, 0) is 6.42 Å². The summed E-state index contributed by atoms with van der Waals surface area (Å²) in [6, 6.07) is 8.60. The number of Topliss-reactive ketones (excluding diaryl/α,β-unsaturated/α-hetero) is 1. The molecule has 0 aliphatic heterocycles. The van der Waals surface area contributed by atoms with Crippen LogP contribution in [-0.4, -0.2) is 21.0 Å². The van der Waals surface area contributed by atoms with Gasteiger partial charge >= 0.3 is 0 Å². The topological polar surface area (TPSA) is 70.7 Å². The molecule has 3 rings (SSSR count). The molecule has 116 valence electrons. The van der Waals surface area contributed by atoms with Gasteiger partial charge in [-0.15, -0.1) is 0 Å². The number of hydrogen-bond donors (Lipinski definition) is 2. The van der Waals surface area contributed by atoms with E-state index in [1.54, 1.807) is 48.9 Å². The summed E-state index contributed by atoms with van der Waals surface area (Å²) in [6.07, 6.45) is 5.18. The van der Waals surface area contributed by atoms with Crippen molar-refractivity contribution in [2.45, 2.75) is 6.42 Å². The molecule has 0 amide bonds. The zero-order valence-corrected chi connectivity index (χ0v) is 13.4. The van der Waals surface area contributed by atoms with Gasteiger partial charge in [0, 0.05) is 18.8 Å². The van der Waals surface area contributed by atoms with Crippen LogP contribution in [0, 0.1) is 0 Å². The van der Waals surface area contributed by atoms with E-state index in [4.69, 9.17) is 23.2 Å². The van der Waals surface area contributed by atoms with Gasteiger partial charge in [0.05, 0.1) is 27.5 Å². The van der Waals surface area contributed by atoms with E-state index in [1.807, 2.05) is 0 Å². The van der Waals surface area contributed by atoms with Crippen LogP contribution in [0.4, 0.5) is 11.5 Å². The average molecular weight is 347 g/mol. The number of aromatic nitrogens is 3. The first-order valence-corrected chi connectivity index (χ1v) is 7.57. The molecule has 23 heavy (non-hydrogen) atoms.